The molecular weight excluding hydrogens is 362 g/mol. The predicted molar refractivity (Wildman–Crippen MR) is 93.2 cm³/mol. The van der Waals surface area contributed by atoms with Crippen LogP contribution in [0.4, 0.5) is 11.4 Å². The highest BCUT2D eigenvalue weighted by atomic mass is 35.5. The lowest BCUT2D eigenvalue weighted by Crippen LogP contribution is -2.33. The van der Waals surface area contributed by atoms with Crippen molar-refractivity contribution in [1.82, 2.24) is 4.90 Å². The van der Waals surface area contributed by atoms with E-state index in [1.165, 1.54) is 18.2 Å². The molecule has 0 spiro atoms. The number of nitro benzene ring substituents is 1. The highest BCUT2D eigenvalue weighted by molar-refractivity contribution is 6.30. The van der Waals surface area contributed by atoms with E-state index in [4.69, 9.17) is 11.6 Å². The molecule has 1 N–H and O–H groups in total. The summed E-state index contributed by atoms with van der Waals surface area (Å²) in [6.45, 7) is -0.178. The number of rotatable bonds is 5. The van der Waals surface area contributed by atoms with Crippen LogP contribution in [0.2, 0.25) is 5.02 Å². The summed E-state index contributed by atoms with van der Waals surface area (Å²) in [4.78, 5) is 47.9. The normalized spacial score (nSPS) is 12.9. The SMILES string of the molecule is O=C(CCN1C(=O)c2cccc([N+](=O)[O-])c2C1=O)Nc1ccc(Cl)cc1. The molecule has 3 rings (SSSR count). The molecule has 2 aromatic rings. The van der Waals surface area contributed by atoms with Crippen LogP contribution < -0.4 is 5.32 Å². The van der Waals surface area contributed by atoms with Crippen molar-refractivity contribution in [1.29, 1.82) is 0 Å². The molecule has 26 heavy (non-hydrogen) atoms. The van der Waals surface area contributed by atoms with Crippen molar-refractivity contribution in [3.8, 4) is 0 Å². The molecular formula is C17H12ClN3O5. The van der Waals surface area contributed by atoms with Crippen LogP contribution in [0.5, 0.6) is 0 Å². The fourth-order valence-corrected chi connectivity index (χ4v) is 2.77. The minimum Gasteiger partial charge on any atom is -0.326 e. The molecule has 1 heterocycles. The van der Waals surface area contributed by atoms with Gasteiger partial charge < -0.3 is 5.32 Å². The lowest BCUT2D eigenvalue weighted by molar-refractivity contribution is -0.385. The summed E-state index contributed by atoms with van der Waals surface area (Å²) in [6.07, 6.45) is -0.137. The first kappa shape index (κ1) is 17.6. The second-order valence-electron chi connectivity index (χ2n) is 5.52. The number of fused-ring (bicyclic) bond motifs is 1. The Morgan fingerprint density at radius 2 is 1.81 bits per heavy atom. The molecule has 0 unspecified atom stereocenters. The van der Waals surface area contributed by atoms with E-state index in [1.807, 2.05) is 0 Å². The van der Waals surface area contributed by atoms with Crippen LogP contribution in [-0.4, -0.2) is 34.1 Å². The van der Waals surface area contributed by atoms with Crippen LogP contribution in [0.15, 0.2) is 42.5 Å². The van der Waals surface area contributed by atoms with Gasteiger partial charge in [0.2, 0.25) is 5.91 Å². The molecule has 0 saturated heterocycles. The monoisotopic (exact) mass is 373 g/mol. The summed E-state index contributed by atoms with van der Waals surface area (Å²) < 4.78 is 0. The number of anilines is 1. The van der Waals surface area contributed by atoms with E-state index in [9.17, 15) is 24.5 Å². The Hall–Kier alpha value is -3.26. The van der Waals surface area contributed by atoms with Gasteiger partial charge in [-0.25, -0.2) is 0 Å². The van der Waals surface area contributed by atoms with Crippen LogP contribution in [0, 0.1) is 10.1 Å². The standard InChI is InChI=1S/C17H12ClN3O5/c18-10-4-6-11(7-5-10)19-14(22)8-9-20-16(23)12-2-1-3-13(21(25)26)15(12)17(20)24/h1-7H,8-9H2,(H,19,22). The summed E-state index contributed by atoms with van der Waals surface area (Å²) in [5.41, 5.74) is -0.158. The zero-order valence-corrected chi connectivity index (χ0v) is 14.0. The molecule has 9 heteroatoms. The highest BCUT2D eigenvalue weighted by Gasteiger charge is 2.40. The maximum atomic E-state index is 12.4. The average Bonchev–Trinajstić information content (AvgIpc) is 2.86. The van der Waals surface area contributed by atoms with Gasteiger partial charge >= 0.3 is 0 Å². The zero-order valence-electron chi connectivity index (χ0n) is 13.3. The second-order valence-corrected chi connectivity index (χ2v) is 5.96. The van der Waals surface area contributed by atoms with E-state index in [0.29, 0.717) is 10.7 Å². The smallest absolute Gasteiger partial charge is 0.282 e. The number of amides is 3. The molecule has 0 saturated carbocycles. The van der Waals surface area contributed by atoms with Gasteiger partial charge in [0, 0.05) is 29.7 Å². The van der Waals surface area contributed by atoms with Crippen LogP contribution >= 0.6 is 11.6 Å². The first-order valence-corrected chi connectivity index (χ1v) is 7.95. The van der Waals surface area contributed by atoms with Crippen molar-refractivity contribution in [2.24, 2.45) is 0 Å². The number of benzene rings is 2. The van der Waals surface area contributed by atoms with Gasteiger partial charge in [0.05, 0.1) is 10.5 Å². The van der Waals surface area contributed by atoms with E-state index in [-0.39, 0.29) is 24.1 Å². The average molecular weight is 374 g/mol. The van der Waals surface area contributed by atoms with Crippen molar-refractivity contribution >= 4 is 40.7 Å². The number of carbonyl (C=O) groups is 3. The number of imide groups is 1. The predicted octanol–water partition coefficient (Wildman–Crippen LogP) is 2.87. The van der Waals surface area contributed by atoms with Crippen molar-refractivity contribution < 1.29 is 19.3 Å². The number of carbonyl (C=O) groups excluding carboxylic acids is 3. The quantitative estimate of drug-likeness (QED) is 0.492. The van der Waals surface area contributed by atoms with Gasteiger partial charge in [0.1, 0.15) is 5.56 Å². The molecule has 0 aromatic heterocycles. The van der Waals surface area contributed by atoms with Crippen molar-refractivity contribution in [2.45, 2.75) is 6.42 Å². The Balaban J connectivity index is 1.69. The Bertz CT molecular complexity index is 926. The fraction of sp³-hybridized carbons (Fsp3) is 0.118. The number of halogens is 1. The van der Waals surface area contributed by atoms with Crippen LogP contribution in [0.25, 0.3) is 0 Å². The zero-order chi connectivity index (χ0) is 18.8. The molecule has 1 aliphatic rings. The summed E-state index contributed by atoms with van der Waals surface area (Å²) in [6, 6.07) is 10.3. The summed E-state index contributed by atoms with van der Waals surface area (Å²) in [5, 5.41) is 14.2. The minimum atomic E-state index is -0.767. The number of nitrogens with one attached hydrogen (secondary N) is 1. The molecule has 0 atom stereocenters. The number of hydrogen-bond donors (Lipinski definition) is 1. The lowest BCUT2D eigenvalue weighted by Gasteiger charge is -2.13. The van der Waals surface area contributed by atoms with Crippen LogP contribution in [-0.2, 0) is 4.79 Å². The second kappa shape index (κ2) is 6.93. The van der Waals surface area contributed by atoms with Crippen LogP contribution in [0.3, 0.4) is 0 Å². The van der Waals surface area contributed by atoms with Gasteiger partial charge in [-0.2, -0.15) is 0 Å². The maximum Gasteiger partial charge on any atom is 0.282 e. The first-order valence-electron chi connectivity index (χ1n) is 7.57. The summed E-state index contributed by atoms with van der Waals surface area (Å²) >= 11 is 5.76. The third-order valence-corrected chi connectivity index (χ3v) is 4.12. The van der Waals surface area contributed by atoms with Gasteiger partial charge in [-0.15, -0.1) is 0 Å². The van der Waals surface area contributed by atoms with Gasteiger partial charge in [0.15, 0.2) is 0 Å². The third kappa shape index (κ3) is 3.27. The molecule has 0 bridgehead atoms. The molecule has 0 radical (unpaired) electrons. The van der Waals surface area contributed by atoms with Gasteiger partial charge in [0.25, 0.3) is 17.5 Å². The van der Waals surface area contributed by atoms with Gasteiger partial charge in [-0.3, -0.25) is 29.4 Å². The third-order valence-electron chi connectivity index (χ3n) is 3.86. The number of nitrogens with zero attached hydrogens (tertiary/aromatic N) is 2. The Morgan fingerprint density at radius 1 is 1.12 bits per heavy atom. The van der Waals surface area contributed by atoms with Crippen molar-refractivity contribution in [3.63, 3.8) is 0 Å². The van der Waals surface area contributed by atoms with E-state index < -0.39 is 28.3 Å². The fourth-order valence-electron chi connectivity index (χ4n) is 2.64. The summed E-state index contributed by atoms with van der Waals surface area (Å²) in [7, 11) is 0. The molecule has 132 valence electrons. The molecule has 8 nitrogen and oxygen atoms in total. The molecule has 3 amide bonds. The Kier molecular flexibility index (Phi) is 4.68. The molecule has 0 fully saturated rings. The first-order chi connectivity index (χ1) is 12.4. The minimum absolute atomic E-state index is 0.0256. The van der Waals surface area contributed by atoms with E-state index >= 15 is 0 Å². The molecule has 0 aliphatic carbocycles. The van der Waals surface area contributed by atoms with Crippen molar-refractivity contribution in [3.05, 3.63) is 68.7 Å². The molecule has 2 aromatic carbocycles. The Labute approximate surface area is 152 Å². The summed E-state index contributed by atoms with van der Waals surface area (Å²) in [5.74, 6) is -1.82. The van der Waals surface area contributed by atoms with E-state index in [2.05, 4.69) is 5.32 Å². The van der Waals surface area contributed by atoms with Crippen LogP contribution in [0.1, 0.15) is 27.1 Å². The topological polar surface area (TPSA) is 110 Å². The van der Waals surface area contributed by atoms with Gasteiger partial charge in [-0.05, 0) is 30.3 Å². The Morgan fingerprint density at radius 3 is 2.46 bits per heavy atom. The van der Waals surface area contributed by atoms with E-state index in [1.54, 1.807) is 24.3 Å². The number of hydrogen-bond acceptors (Lipinski definition) is 5. The lowest BCUT2D eigenvalue weighted by atomic mass is 10.1. The molecule has 1 aliphatic heterocycles. The van der Waals surface area contributed by atoms with Gasteiger partial charge in [-0.1, -0.05) is 17.7 Å². The number of nitro groups is 1. The largest absolute Gasteiger partial charge is 0.326 e. The van der Waals surface area contributed by atoms with Crippen molar-refractivity contribution in [2.75, 3.05) is 11.9 Å². The maximum absolute atomic E-state index is 12.4. The van der Waals surface area contributed by atoms with E-state index in [0.717, 1.165) is 4.90 Å². The highest BCUT2D eigenvalue weighted by Crippen LogP contribution is 2.30.